The highest BCUT2D eigenvalue weighted by molar-refractivity contribution is 9.10. The van der Waals surface area contributed by atoms with Crippen molar-refractivity contribution >= 4 is 39.3 Å². The number of halogens is 1. The molecule has 2 aromatic carbocycles. The van der Waals surface area contributed by atoms with E-state index in [-0.39, 0.29) is 5.91 Å². The average molecular weight is 405 g/mol. The minimum absolute atomic E-state index is 0.222. The Morgan fingerprint density at radius 3 is 2.83 bits per heavy atom. The molecule has 1 saturated heterocycles. The third-order valence-electron chi connectivity index (χ3n) is 4.17. The van der Waals surface area contributed by atoms with Gasteiger partial charge in [0.25, 0.3) is 0 Å². The average Bonchev–Trinajstić information content (AvgIpc) is 3.03. The molecular formula is C19H21BrN2OS. The van der Waals surface area contributed by atoms with Gasteiger partial charge in [-0.2, -0.15) is 0 Å². The van der Waals surface area contributed by atoms with E-state index in [9.17, 15) is 4.79 Å². The largest absolute Gasteiger partial charge is 0.380 e. The predicted molar refractivity (Wildman–Crippen MR) is 105 cm³/mol. The third kappa shape index (κ3) is 4.54. The zero-order valence-corrected chi connectivity index (χ0v) is 16.1. The van der Waals surface area contributed by atoms with Crippen molar-refractivity contribution in [2.45, 2.75) is 24.3 Å². The Hall–Kier alpha value is -1.46. The molecule has 1 atom stereocenters. The van der Waals surface area contributed by atoms with Crippen LogP contribution in [0.2, 0.25) is 0 Å². The molecule has 24 heavy (non-hydrogen) atoms. The number of carbonyl (C=O) groups excluding carboxylic acids is 1. The van der Waals surface area contributed by atoms with E-state index >= 15 is 0 Å². The van der Waals surface area contributed by atoms with Crippen molar-refractivity contribution in [2.24, 2.45) is 0 Å². The first-order chi connectivity index (χ1) is 11.6. The number of anilines is 1. The van der Waals surface area contributed by atoms with E-state index in [0.717, 1.165) is 29.7 Å². The first-order valence-corrected chi connectivity index (χ1v) is 9.88. The molecule has 0 radical (unpaired) electrons. The van der Waals surface area contributed by atoms with Gasteiger partial charge in [-0.25, -0.2) is 0 Å². The summed E-state index contributed by atoms with van der Waals surface area (Å²) in [6, 6.07) is 16.7. The van der Waals surface area contributed by atoms with E-state index in [1.54, 1.807) is 11.8 Å². The second-order valence-corrected chi connectivity index (χ2v) is 7.97. The highest BCUT2D eigenvalue weighted by Gasteiger charge is 2.26. The number of thioether (sulfide) groups is 1. The van der Waals surface area contributed by atoms with E-state index in [4.69, 9.17) is 0 Å². The Morgan fingerprint density at radius 1 is 1.29 bits per heavy atom. The molecule has 1 amide bonds. The number of nitrogens with zero attached hydrogens (tertiary/aromatic N) is 1. The van der Waals surface area contributed by atoms with Crippen molar-refractivity contribution in [1.82, 2.24) is 4.90 Å². The molecular weight excluding hydrogens is 384 g/mol. The number of hydrogen-bond acceptors (Lipinski definition) is 3. The molecule has 3 rings (SSSR count). The second-order valence-electron chi connectivity index (χ2n) is 6.03. The fourth-order valence-electron chi connectivity index (χ4n) is 2.88. The maximum Gasteiger partial charge on any atom is 0.233 e. The van der Waals surface area contributed by atoms with Gasteiger partial charge in [-0.1, -0.05) is 34.1 Å². The first kappa shape index (κ1) is 17.4. The van der Waals surface area contributed by atoms with E-state index < -0.39 is 0 Å². The van der Waals surface area contributed by atoms with Gasteiger partial charge in [-0.05, 0) is 49.2 Å². The van der Waals surface area contributed by atoms with E-state index in [1.807, 2.05) is 29.2 Å². The molecule has 1 aliphatic rings. The number of hydrogen-bond donors (Lipinski definition) is 1. The van der Waals surface area contributed by atoms with Crippen LogP contribution in [-0.2, 0) is 4.79 Å². The number of likely N-dealkylation sites (tertiary alicyclic amines) is 1. The molecule has 126 valence electrons. The van der Waals surface area contributed by atoms with Crippen LogP contribution >= 0.6 is 27.7 Å². The summed E-state index contributed by atoms with van der Waals surface area (Å²) in [4.78, 5) is 15.6. The number of rotatable bonds is 5. The summed E-state index contributed by atoms with van der Waals surface area (Å²) in [6.45, 7) is 3.70. The minimum atomic E-state index is 0.222. The molecule has 1 aliphatic heterocycles. The molecule has 0 saturated carbocycles. The number of para-hydroxylation sites is 1. The van der Waals surface area contributed by atoms with Crippen LogP contribution in [0.3, 0.4) is 0 Å². The summed E-state index contributed by atoms with van der Waals surface area (Å²) >= 11 is 5.10. The van der Waals surface area contributed by atoms with E-state index in [1.165, 1.54) is 10.5 Å². The van der Waals surface area contributed by atoms with E-state index in [2.05, 4.69) is 52.4 Å². The maximum absolute atomic E-state index is 12.5. The number of benzene rings is 2. The second kappa shape index (κ2) is 8.08. The molecule has 0 aromatic heterocycles. The summed E-state index contributed by atoms with van der Waals surface area (Å²) in [5, 5.41) is 3.51. The lowest BCUT2D eigenvalue weighted by Crippen LogP contribution is -2.32. The minimum Gasteiger partial charge on any atom is -0.380 e. The van der Waals surface area contributed by atoms with Gasteiger partial charge < -0.3 is 10.2 Å². The van der Waals surface area contributed by atoms with Gasteiger partial charge in [-0.3, -0.25) is 4.79 Å². The van der Waals surface area contributed by atoms with Gasteiger partial charge >= 0.3 is 0 Å². The predicted octanol–water partition coefficient (Wildman–Crippen LogP) is 4.56. The molecule has 2 aromatic rings. The number of carbonyl (C=O) groups is 1. The normalized spacial score (nSPS) is 17.1. The van der Waals surface area contributed by atoms with Crippen molar-refractivity contribution in [2.75, 3.05) is 24.2 Å². The molecule has 1 fully saturated rings. The SMILES string of the molecule is Cc1cc(Br)ccc1SCC(=O)N1CCC(Nc2ccccc2)C1. The van der Waals surface area contributed by atoms with Crippen LogP contribution in [0.5, 0.6) is 0 Å². The summed E-state index contributed by atoms with van der Waals surface area (Å²) in [6.07, 6.45) is 1.00. The van der Waals surface area contributed by atoms with Crippen LogP contribution in [-0.4, -0.2) is 35.7 Å². The fourth-order valence-corrected chi connectivity index (χ4v) is 4.27. The van der Waals surface area contributed by atoms with Crippen LogP contribution in [0.25, 0.3) is 0 Å². The molecule has 3 nitrogen and oxygen atoms in total. The van der Waals surface area contributed by atoms with Crippen LogP contribution in [0.4, 0.5) is 5.69 Å². The van der Waals surface area contributed by atoms with Gasteiger partial charge in [0.05, 0.1) is 5.75 Å². The Kier molecular flexibility index (Phi) is 5.85. The van der Waals surface area contributed by atoms with Crippen LogP contribution in [0.15, 0.2) is 57.9 Å². The number of aryl methyl sites for hydroxylation is 1. The third-order valence-corrected chi connectivity index (χ3v) is 5.83. The Labute approximate surface area is 155 Å². The lowest BCUT2D eigenvalue weighted by molar-refractivity contribution is -0.127. The maximum atomic E-state index is 12.5. The first-order valence-electron chi connectivity index (χ1n) is 8.10. The highest BCUT2D eigenvalue weighted by Crippen LogP contribution is 2.26. The zero-order valence-electron chi connectivity index (χ0n) is 13.7. The summed E-state index contributed by atoms with van der Waals surface area (Å²) in [5.74, 6) is 0.722. The fraction of sp³-hybridized carbons (Fsp3) is 0.316. The topological polar surface area (TPSA) is 32.3 Å². The Balaban J connectivity index is 1.49. The molecule has 0 spiro atoms. The lowest BCUT2D eigenvalue weighted by atomic mass is 10.2. The molecule has 1 heterocycles. The van der Waals surface area contributed by atoms with Crippen molar-refractivity contribution in [3.63, 3.8) is 0 Å². The van der Waals surface area contributed by atoms with Gasteiger partial charge in [0, 0.05) is 34.2 Å². The Morgan fingerprint density at radius 2 is 2.08 bits per heavy atom. The van der Waals surface area contributed by atoms with Gasteiger partial charge in [0.2, 0.25) is 5.91 Å². The zero-order chi connectivity index (χ0) is 16.9. The lowest BCUT2D eigenvalue weighted by Gasteiger charge is -2.18. The quantitative estimate of drug-likeness (QED) is 0.741. The van der Waals surface area contributed by atoms with Gasteiger partial charge in [0.15, 0.2) is 0 Å². The Bertz CT molecular complexity index is 708. The number of amides is 1. The molecule has 0 bridgehead atoms. The summed E-state index contributed by atoms with van der Waals surface area (Å²) in [7, 11) is 0. The summed E-state index contributed by atoms with van der Waals surface area (Å²) in [5.41, 5.74) is 2.32. The molecule has 1 unspecified atom stereocenters. The van der Waals surface area contributed by atoms with Crippen molar-refractivity contribution in [3.05, 3.63) is 58.6 Å². The van der Waals surface area contributed by atoms with Gasteiger partial charge in [0.1, 0.15) is 0 Å². The van der Waals surface area contributed by atoms with E-state index in [0.29, 0.717) is 11.8 Å². The standard InChI is InChI=1S/C19H21BrN2OS/c1-14-11-15(20)7-8-18(14)24-13-19(23)22-10-9-17(12-22)21-16-5-3-2-4-6-16/h2-8,11,17,21H,9-10,12-13H2,1H3. The van der Waals surface area contributed by atoms with Crippen molar-refractivity contribution in [1.29, 1.82) is 0 Å². The molecule has 0 aliphatic carbocycles. The highest BCUT2D eigenvalue weighted by atomic mass is 79.9. The van der Waals surface area contributed by atoms with Crippen LogP contribution < -0.4 is 5.32 Å². The molecule has 5 heteroatoms. The van der Waals surface area contributed by atoms with Crippen molar-refractivity contribution < 1.29 is 4.79 Å². The summed E-state index contributed by atoms with van der Waals surface area (Å²) < 4.78 is 1.07. The smallest absolute Gasteiger partial charge is 0.233 e. The van der Waals surface area contributed by atoms with Gasteiger partial charge in [-0.15, -0.1) is 11.8 Å². The molecule has 1 N–H and O–H groups in total. The van der Waals surface area contributed by atoms with Crippen LogP contribution in [0, 0.1) is 6.92 Å². The van der Waals surface area contributed by atoms with Crippen LogP contribution in [0.1, 0.15) is 12.0 Å². The van der Waals surface area contributed by atoms with Crippen molar-refractivity contribution in [3.8, 4) is 0 Å². The monoisotopic (exact) mass is 404 g/mol. The number of nitrogens with one attached hydrogen (secondary N) is 1.